The molecule has 1 amide bonds. The van der Waals surface area contributed by atoms with Crippen LogP contribution >= 0.6 is 11.6 Å². The normalized spacial score (nSPS) is 12.4. The van der Waals surface area contributed by atoms with Crippen molar-refractivity contribution in [1.29, 1.82) is 0 Å². The Morgan fingerprint density at radius 2 is 2.28 bits per heavy atom. The van der Waals surface area contributed by atoms with E-state index in [0.29, 0.717) is 34.0 Å². The molecule has 3 N–H and O–H groups in total. The van der Waals surface area contributed by atoms with Crippen LogP contribution in [0.4, 0.5) is 4.79 Å². The van der Waals surface area contributed by atoms with Gasteiger partial charge in [-0.05, 0) is 24.6 Å². The lowest BCUT2D eigenvalue weighted by molar-refractivity contribution is 0.182. The Kier molecular flexibility index (Phi) is 5.08. The number of halogens is 1. The standard InChI is InChI=1S/C19H19ClN6O3/c1-3-11(9-27)23-19(28)29-15-8-22-18-17(15)24-13(7-21-18)16-12-5-4-10(20)6-14(12)26(2)25-16/h4-8,11,27H,3,9H2,1-2H3,(H,21,22)(H,23,28)/t11-/m1/s1. The Hall–Kier alpha value is -3.17. The lowest BCUT2D eigenvalue weighted by atomic mass is 10.2. The van der Waals surface area contributed by atoms with Gasteiger partial charge in [0.15, 0.2) is 16.9 Å². The summed E-state index contributed by atoms with van der Waals surface area (Å²) >= 11 is 6.09. The zero-order chi connectivity index (χ0) is 20.5. The highest BCUT2D eigenvalue weighted by molar-refractivity contribution is 6.31. The number of benzene rings is 1. The first-order valence-electron chi connectivity index (χ1n) is 9.06. The minimum atomic E-state index is -0.670. The van der Waals surface area contributed by atoms with Gasteiger partial charge in [-0.3, -0.25) is 4.68 Å². The van der Waals surface area contributed by atoms with Crippen LogP contribution in [0.3, 0.4) is 0 Å². The Balaban J connectivity index is 1.70. The van der Waals surface area contributed by atoms with Crippen LogP contribution in [0.2, 0.25) is 5.02 Å². The summed E-state index contributed by atoms with van der Waals surface area (Å²) in [5, 5.41) is 17.9. The third-order valence-electron chi connectivity index (χ3n) is 4.64. The van der Waals surface area contributed by atoms with Gasteiger partial charge in [0.25, 0.3) is 0 Å². The molecule has 3 heterocycles. The maximum atomic E-state index is 12.1. The lowest BCUT2D eigenvalue weighted by Gasteiger charge is -2.13. The summed E-state index contributed by atoms with van der Waals surface area (Å²) in [5.74, 6) is 0.239. The molecule has 0 aliphatic heterocycles. The summed E-state index contributed by atoms with van der Waals surface area (Å²) < 4.78 is 7.09. The summed E-state index contributed by atoms with van der Waals surface area (Å²) in [5.41, 5.74) is 2.94. The van der Waals surface area contributed by atoms with Gasteiger partial charge in [0.2, 0.25) is 0 Å². The van der Waals surface area contributed by atoms with Gasteiger partial charge < -0.3 is 20.1 Å². The average Bonchev–Trinajstić information content (AvgIpc) is 3.26. The SMILES string of the molecule is CC[C@H](CO)NC(=O)Oc1c[nH]c2ncc(-c3nn(C)c4cc(Cl)ccc34)nc12. The number of carbonyl (C=O) groups is 1. The molecule has 29 heavy (non-hydrogen) atoms. The lowest BCUT2D eigenvalue weighted by Crippen LogP contribution is -2.38. The van der Waals surface area contributed by atoms with Crippen LogP contribution in [-0.2, 0) is 7.05 Å². The van der Waals surface area contributed by atoms with Gasteiger partial charge in [0.1, 0.15) is 11.4 Å². The van der Waals surface area contributed by atoms with E-state index < -0.39 is 6.09 Å². The fourth-order valence-electron chi connectivity index (χ4n) is 3.05. The number of aryl methyl sites for hydroxylation is 1. The zero-order valence-electron chi connectivity index (χ0n) is 15.8. The quantitative estimate of drug-likeness (QED) is 0.462. The number of rotatable bonds is 5. The first-order chi connectivity index (χ1) is 14.0. The number of nitrogens with one attached hydrogen (secondary N) is 2. The second-order valence-electron chi connectivity index (χ2n) is 6.56. The van der Waals surface area contributed by atoms with Crippen molar-refractivity contribution in [2.24, 2.45) is 7.05 Å². The van der Waals surface area contributed by atoms with E-state index in [9.17, 15) is 9.90 Å². The van der Waals surface area contributed by atoms with Crippen molar-refractivity contribution in [2.45, 2.75) is 19.4 Å². The second kappa shape index (κ2) is 7.69. The second-order valence-corrected chi connectivity index (χ2v) is 7.00. The minimum Gasteiger partial charge on any atom is -0.406 e. The van der Waals surface area contributed by atoms with E-state index in [2.05, 4.69) is 25.4 Å². The molecule has 0 unspecified atom stereocenters. The van der Waals surface area contributed by atoms with E-state index in [1.807, 2.05) is 26.1 Å². The largest absolute Gasteiger partial charge is 0.413 e. The molecule has 0 fully saturated rings. The van der Waals surface area contributed by atoms with Gasteiger partial charge in [-0.2, -0.15) is 5.10 Å². The molecular formula is C19H19ClN6O3. The molecule has 4 rings (SSSR count). The number of aliphatic hydroxyl groups excluding tert-OH is 1. The molecule has 0 aliphatic carbocycles. The molecule has 0 radical (unpaired) electrons. The highest BCUT2D eigenvalue weighted by atomic mass is 35.5. The molecule has 0 bridgehead atoms. The number of H-pyrrole nitrogens is 1. The van der Waals surface area contributed by atoms with Crippen LogP contribution in [0.5, 0.6) is 5.75 Å². The molecule has 0 saturated heterocycles. The molecule has 4 aromatic rings. The molecule has 1 atom stereocenters. The summed E-state index contributed by atoms with van der Waals surface area (Å²) in [6.45, 7) is 1.69. The van der Waals surface area contributed by atoms with E-state index in [-0.39, 0.29) is 18.4 Å². The molecule has 9 nitrogen and oxygen atoms in total. The van der Waals surface area contributed by atoms with Crippen LogP contribution in [0.25, 0.3) is 33.5 Å². The number of nitrogens with zero attached hydrogens (tertiary/aromatic N) is 4. The van der Waals surface area contributed by atoms with Crippen molar-refractivity contribution >= 4 is 39.8 Å². The average molecular weight is 415 g/mol. The van der Waals surface area contributed by atoms with Crippen molar-refractivity contribution < 1.29 is 14.6 Å². The number of hydrogen-bond acceptors (Lipinski definition) is 6. The minimum absolute atomic E-state index is 0.166. The molecule has 3 aromatic heterocycles. The maximum Gasteiger partial charge on any atom is 0.413 e. The highest BCUT2D eigenvalue weighted by Gasteiger charge is 2.18. The molecule has 0 aliphatic rings. The van der Waals surface area contributed by atoms with Crippen LogP contribution < -0.4 is 10.1 Å². The van der Waals surface area contributed by atoms with E-state index in [1.54, 1.807) is 16.9 Å². The Morgan fingerprint density at radius 1 is 1.45 bits per heavy atom. The summed E-state index contributed by atoms with van der Waals surface area (Å²) in [7, 11) is 1.83. The zero-order valence-corrected chi connectivity index (χ0v) is 16.6. The van der Waals surface area contributed by atoms with Crippen LogP contribution in [0, 0.1) is 0 Å². The third kappa shape index (κ3) is 3.62. The van der Waals surface area contributed by atoms with E-state index in [1.165, 1.54) is 6.20 Å². The summed E-state index contributed by atoms with van der Waals surface area (Å²) in [6, 6.07) is 5.13. The monoisotopic (exact) mass is 414 g/mol. The number of hydrogen-bond donors (Lipinski definition) is 3. The fraction of sp³-hybridized carbons (Fsp3) is 0.263. The highest BCUT2D eigenvalue weighted by Crippen LogP contribution is 2.30. The number of amides is 1. The third-order valence-corrected chi connectivity index (χ3v) is 4.87. The molecule has 150 valence electrons. The Bertz CT molecular complexity index is 1200. The van der Waals surface area contributed by atoms with Crippen molar-refractivity contribution in [3.8, 4) is 17.1 Å². The first kappa shape index (κ1) is 19.2. The summed E-state index contributed by atoms with van der Waals surface area (Å²) in [6.07, 6.45) is 3.04. The van der Waals surface area contributed by atoms with Gasteiger partial charge in [0, 0.05) is 23.7 Å². The van der Waals surface area contributed by atoms with Crippen LogP contribution in [0.1, 0.15) is 13.3 Å². The van der Waals surface area contributed by atoms with Crippen molar-refractivity contribution in [3.05, 3.63) is 35.6 Å². The molecule has 0 spiro atoms. The van der Waals surface area contributed by atoms with Crippen LogP contribution in [0.15, 0.2) is 30.6 Å². The van der Waals surface area contributed by atoms with Crippen molar-refractivity contribution in [3.63, 3.8) is 0 Å². The van der Waals surface area contributed by atoms with E-state index in [0.717, 1.165) is 10.9 Å². The van der Waals surface area contributed by atoms with E-state index in [4.69, 9.17) is 16.3 Å². The Labute approximate surface area is 170 Å². The number of aromatic nitrogens is 5. The van der Waals surface area contributed by atoms with Crippen molar-refractivity contribution in [1.82, 2.24) is 30.0 Å². The predicted octanol–water partition coefficient (Wildman–Crippen LogP) is 3.02. The number of carbonyl (C=O) groups excluding carboxylic acids is 1. The predicted molar refractivity (Wildman–Crippen MR) is 109 cm³/mol. The molecular weight excluding hydrogens is 396 g/mol. The number of aliphatic hydroxyl groups is 1. The fourth-order valence-corrected chi connectivity index (χ4v) is 3.22. The number of fused-ring (bicyclic) bond motifs is 2. The molecule has 10 heteroatoms. The topological polar surface area (TPSA) is 118 Å². The smallest absolute Gasteiger partial charge is 0.406 e. The summed E-state index contributed by atoms with van der Waals surface area (Å²) in [4.78, 5) is 24.0. The van der Waals surface area contributed by atoms with Gasteiger partial charge in [0.05, 0.1) is 24.4 Å². The first-order valence-corrected chi connectivity index (χ1v) is 9.44. The number of ether oxygens (including phenoxy) is 1. The number of aromatic amines is 1. The van der Waals surface area contributed by atoms with Crippen LogP contribution in [-0.4, -0.2) is 48.6 Å². The van der Waals surface area contributed by atoms with Gasteiger partial charge in [-0.1, -0.05) is 18.5 Å². The van der Waals surface area contributed by atoms with Gasteiger partial charge in [-0.25, -0.2) is 14.8 Å². The molecule has 1 aromatic carbocycles. The molecule has 0 saturated carbocycles. The van der Waals surface area contributed by atoms with Crippen molar-refractivity contribution in [2.75, 3.05) is 6.61 Å². The Morgan fingerprint density at radius 3 is 3.03 bits per heavy atom. The van der Waals surface area contributed by atoms with Gasteiger partial charge >= 0.3 is 6.09 Å². The maximum absolute atomic E-state index is 12.1. The van der Waals surface area contributed by atoms with Gasteiger partial charge in [-0.15, -0.1) is 0 Å². The van der Waals surface area contributed by atoms with E-state index >= 15 is 0 Å².